The third kappa shape index (κ3) is 2.03. The van der Waals surface area contributed by atoms with Crippen molar-refractivity contribution in [1.82, 2.24) is 0 Å². The van der Waals surface area contributed by atoms with Crippen molar-refractivity contribution in [2.24, 2.45) is 0 Å². The van der Waals surface area contributed by atoms with E-state index in [1.165, 1.54) is 36.4 Å². The van der Waals surface area contributed by atoms with Crippen LogP contribution in [0.4, 0.5) is 0 Å². The van der Waals surface area contributed by atoms with Gasteiger partial charge in [-0.1, -0.05) is 0 Å². The Labute approximate surface area is 102 Å². The first-order chi connectivity index (χ1) is 8.61. The number of aromatic nitrogens is 2. The molecule has 2 heterocycles. The first-order valence-electron chi connectivity index (χ1n) is 5.06. The van der Waals surface area contributed by atoms with Gasteiger partial charge in [0.25, 0.3) is 11.4 Å². The SMILES string of the molecule is O=C(C(=O)c1cccc[n+]1[O-])c1cccc[n+]1[O-]. The Balaban J connectivity index is 2.39. The average molecular weight is 244 g/mol. The monoisotopic (exact) mass is 244 g/mol. The minimum absolute atomic E-state index is 0.290. The number of hydrogen-bond acceptors (Lipinski definition) is 4. The normalized spacial score (nSPS) is 10.0. The van der Waals surface area contributed by atoms with Gasteiger partial charge in [-0.05, 0) is 12.1 Å². The number of hydrogen-bond donors (Lipinski definition) is 0. The van der Waals surface area contributed by atoms with E-state index in [-0.39, 0.29) is 20.8 Å². The van der Waals surface area contributed by atoms with E-state index in [4.69, 9.17) is 0 Å². The topological polar surface area (TPSA) is 88.0 Å². The minimum atomic E-state index is -1.01. The molecule has 0 saturated carbocycles. The van der Waals surface area contributed by atoms with Gasteiger partial charge in [-0.2, -0.15) is 9.46 Å². The molecule has 0 aliphatic rings. The maximum absolute atomic E-state index is 11.8. The van der Waals surface area contributed by atoms with Crippen LogP contribution in [-0.2, 0) is 0 Å². The second kappa shape index (κ2) is 4.62. The molecule has 2 rings (SSSR count). The molecule has 6 heteroatoms. The van der Waals surface area contributed by atoms with E-state index in [1.807, 2.05) is 0 Å². The van der Waals surface area contributed by atoms with Crippen molar-refractivity contribution in [3.05, 3.63) is 70.6 Å². The Morgan fingerprint density at radius 1 is 0.778 bits per heavy atom. The Kier molecular flexibility index (Phi) is 3.01. The van der Waals surface area contributed by atoms with Gasteiger partial charge >= 0.3 is 11.6 Å². The summed E-state index contributed by atoms with van der Waals surface area (Å²) < 4.78 is 0.580. The smallest absolute Gasteiger partial charge is 0.304 e. The minimum Gasteiger partial charge on any atom is -0.618 e. The summed E-state index contributed by atoms with van der Waals surface area (Å²) in [5.74, 6) is -2.03. The van der Waals surface area contributed by atoms with Gasteiger partial charge in [-0.15, -0.1) is 0 Å². The molecule has 0 N–H and O–H groups in total. The number of nitrogens with zero attached hydrogens (tertiary/aromatic N) is 2. The van der Waals surface area contributed by atoms with Gasteiger partial charge in [0.1, 0.15) is 0 Å². The fourth-order valence-electron chi connectivity index (χ4n) is 1.44. The molecule has 0 radical (unpaired) electrons. The summed E-state index contributed by atoms with van der Waals surface area (Å²) in [6.45, 7) is 0. The summed E-state index contributed by atoms with van der Waals surface area (Å²) in [6.07, 6.45) is 2.22. The molecule has 0 spiro atoms. The molecular formula is C12H8N2O4. The highest BCUT2D eigenvalue weighted by Crippen LogP contribution is 2.01. The molecule has 0 atom stereocenters. The Morgan fingerprint density at radius 3 is 1.50 bits per heavy atom. The van der Waals surface area contributed by atoms with Gasteiger partial charge in [0.2, 0.25) is 0 Å². The Bertz CT molecular complexity index is 569. The van der Waals surface area contributed by atoms with Crippen LogP contribution in [-0.4, -0.2) is 11.6 Å². The van der Waals surface area contributed by atoms with Crippen molar-refractivity contribution in [3.8, 4) is 0 Å². The third-order valence-corrected chi connectivity index (χ3v) is 2.32. The van der Waals surface area contributed by atoms with E-state index in [0.29, 0.717) is 0 Å². The van der Waals surface area contributed by atoms with Crippen molar-refractivity contribution >= 4 is 11.6 Å². The first-order valence-corrected chi connectivity index (χ1v) is 5.06. The lowest BCUT2D eigenvalue weighted by Gasteiger charge is -2.03. The van der Waals surface area contributed by atoms with E-state index >= 15 is 0 Å². The fourth-order valence-corrected chi connectivity index (χ4v) is 1.44. The Morgan fingerprint density at radius 2 is 1.17 bits per heavy atom. The van der Waals surface area contributed by atoms with E-state index < -0.39 is 11.6 Å². The zero-order valence-electron chi connectivity index (χ0n) is 9.15. The molecular weight excluding hydrogens is 236 g/mol. The van der Waals surface area contributed by atoms with Crippen LogP contribution in [0.1, 0.15) is 21.0 Å². The van der Waals surface area contributed by atoms with Gasteiger partial charge in [0.15, 0.2) is 12.4 Å². The standard InChI is InChI=1S/C12H8N2O4/c15-11(9-5-1-3-7-13(9)17)12(16)10-6-2-4-8-14(10)18/h1-8H. The predicted molar refractivity (Wildman–Crippen MR) is 59.5 cm³/mol. The molecule has 18 heavy (non-hydrogen) atoms. The maximum atomic E-state index is 11.8. The van der Waals surface area contributed by atoms with Gasteiger partial charge in [-0.25, -0.2) is 0 Å². The highest BCUT2D eigenvalue weighted by molar-refractivity contribution is 6.47. The van der Waals surface area contributed by atoms with E-state index in [9.17, 15) is 20.0 Å². The van der Waals surface area contributed by atoms with Crippen LogP contribution < -0.4 is 9.46 Å². The van der Waals surface area contributed by atoms with Crippen molar-refractivity contribution in [2.45, 2.75) is 0 Å². The van der Waals surface area contributed by atoms with Crippen LogP contribution in [0, 0.1) is 10.4 Å². The molecule has 0 bridgehead atoms. The molecule has 90 valence electrons. The molecule has 0 aliphatic heterocycles. The van der Waals surface area contributed by atoms with E-state index in [1.54, 1.807) is 0 Å². The zero-order valence-corrected chi connectivity index (χ0v) is 9.15. The lowest BCUT2D eigenvalue weighted by Crippen LogP contribution is -2.41. The van der Waals surface area contributed by atoms with Crippen molar-refractivity contribution in [3.63, 3.8) is 0 Å². The lowest BCUT2D eigenvalue weighted by molar-refractivity contribution is -0.609. The number of carbonyl (C=O) groups excluding carboxylic acids is 2. The second-order valence-electron chi connectivity index (χ2n) is 3.48. The molecule has 0 fully saturated rings. The molecule has 0 unspecified atom stereocenters. The first kappa shape index (κ1) is 11.7. The number of carbonyl (C=O) groups is 2. The van der Waals surface area contributed by atoms with Gasteiger partial charge in [0, 0.05) is 24.3 Å². The van der Waals surface area contributed by atoms with Crippen LogP contribution in [0.25, 0.3) is 0 Å². The molecule has 0 aliphatic carbocycles. The summed E-state index contributed by atoms with van der Waals surface area (Å²) in [7, 11) is 0. The highest BCUT2D eigenvalue weighted by atomic mass is 16.5. The number of pyridine rings is 2. The molecule has 6 nitrogen and oxygen atoms in total. The quantitative estimate of drug-likeness (QED) is 0.329. The van der Waals surface area contributed by atoms with E-state index in [2.05, 4.69) is 0 Å². The van der Waals surface area contributed by atoms with Crippen LogP contribution in [0.15, 0.2) is 48.8 Å². The summed E-state index contributed by atoms with van der Waals surface area (Å²) >= 11 is 0. The van der Waals surface area contributed by atoms with Crippen LogP contribution >= 0.6 is 0 Å². The summed E-state index contributed by atoms with van der Waals surface area (Å²) in [5.41, 5.74) is -0.627. The lowest BCUT2D eigenvalue weighted by atomic mass is 10.1. The molecule has 0 saturated heterocycles. The fraction of sp³-hybridized carbons (Fsp3) is 0. The second-order valence-corrected chi connectivity index (χ2v) is 3.48. The Hall–Kier alpha value is -2.76. The average Bonchev–Trinajstić information content (AvgIpc) is 2.38. The highest BCUT2D eigenvalue weighted by Gasteiger charge is 2.30. The van der Waals surface area contributed by atoms with Crippen LogP contribution in [0.3, 0.4) is 0 Å². The van der Waals surface area contributed by atoms with Gasteiger partial charge in [-0.3, -0.25) is 9.59 Å². The van der Waals surface area contributed by atoms with Crippen molar-refractivity contribution in [1.29, 1.82) is 0 Å². The molecule has 0 amide bonds. The van der Waals surface area contributed by atoms with E-state index in [0.717, 1.165) is 12.4 Å². The van der Waals surface area contributed by atoms with Crippen molar-refractivity contribution < 1.29 is 19.0 Å². The van der Waals surface area contributed by atoms with Crippen molar-refractivity contribution in [2.75, 3.05) is 0 Å². The number of ketones is 2. The summed E-state index contributed by atoms with van der Waals surface area (Å²) in [5, 5.41) is 22.7. The number of Topliss-reactive ketones (excluding diaryl/α,β-unsaturated/α-hetero) is 2. The predicted octanol–water partition coefficient (Wildman–Crippen LogP) is 0.0190. The largest absolute Gasteiger partial charge is 0.618 e. The maximum Gasteiger partial charge on any atom is 0.304 e. The zero-order chi connectivity index (χ0) is 13.1. The van der Waals surface area contributed by atoms with Gasteiger partial charge < -0.3 is 10.4 Å². The third-order valence-electron chi connectivity index (χ3n) is 2.32. The molecule has 2 aromatic heterocycles. The summed E-state index contributed by atoms with van der Waals surface area (Å²) in [6, 6.07) is 8.25. The van der Waals surface area contributed by atoms with Crippen LogP contribution in [0.5, 0.6) is 0 Å². The number of rotatable bonds is 3. The summed E-state index contributed by atoms with van der Waals surface area (Å²) in [4.78, 5) is 23.6. The molecule has 2 aromatic rings. The van der Waals surface area contributed by atoms with Crippen LogP contribution in [0.2, 0.25) is 0 Å². The molecule has 0 aromatic carbocycles. The van der Waals surface area contributed by atoms with Gasteiger partial charge in [0.05, 0.1) is 0 Å².